The summed E-state index contributed by atoms with van der Waals surface area (Å²) in [4.78, 5) is 42.3. The van der Waals surface area contributed by atoms with Crippen LogP contribution in [0.25, 0.3) is 0 Å². The Morgan fingerprint density at radius 1 is 0.944 bits per heavy atom. The molecule has 0 aliphatic heterocycles. The van der Waals surface area contributed by atoms with Crippen LogP contribution in [0.3, 0.4) is 0 Å². The van der Waals surface area contributed by atoms with Crippen LogP contribution in [-0.2, 0) is 29.1 Å². The summed E-state index contributed by atoms with van der Waals surface area (Å²) >= 11 is 6.78. The average molecular weight is 626 g/mol. The fourth-order valence-electron chi connectivity index (χ4n) is 3.48. The number of nitrogens with zero attached hydrogens (tertiary/aromatic N) is 2. The highest BCUT2D eigenvalue weighted by molar-refractivity contribution is 9.11. The number of amides is 4. The van der Waals surface area contributed by atoms with Crippen LogP contribution in [0.1, 0.15) is 29.5 Å². The molecule has 0 saturated heterocycles. The summed E-state index contributed by atoms with van der Waals surface area (Å²) < 4.78 is 1.30. The SMILES string of the molecule is NC(=O)NCc1ccc(CN(C(=O)Cc2cc(Br)c(N)c(Br)c2)[C@H](CCCN=C(N)N)C(N)=O)cc1. The number of anilines is 1. The fraction of sp³-hybridized carbons (Fsp3) is 0.304. The van der Waals surface area contributed by atoms with E-state index in [0.29, 0.717) is 33.2 Å². The molecule has 0 radical (unpaired) electrons. The molecule has 0 fully saturated rings. The molecule has 0 bridgehead atoms. The Labute approximate surface area is 226 Å². The summed E-state index contributed by atoms with van der Waals surface area (Å²) in [5, 5.41) is 2.52. The molecule has 0 heterocycles. The first-order valence-corrected chi connectivity index (χ1v) is 12.5. The van der Waals surface area contributed by atoms with Crippen molar-refractivity contribution in [2.24, 2.45) is 27.9 Å². The maximum Gasteiger partial charge on any atom is 0.312 e. The molecular weight excluding hydrogens is 596 g/mol. The molecule has 11 N–H and O–H groups in total. The second kappa shape index (κ2) is 13.7. The molecule has 2 aromatic carbocycles. The number of rotatable bonds is 12. The summed E-state index contributed by atoms with van der Waals surface area (Å²) in [6, 6.07) is 9.26. The molecule has 0 unspecified atom stereocenters. The predicted octanol–water partition coefficient (Wildman–Crippen LogP) is 1.44. The summed E-state index contributed by atoms with van der Waals surface area (Å²) in [5.41, 5.74) is 30.4. The Balaban J connectivity index is 2.29. The van der Waals surface area contributed by atoms with Gasteiger partial charge in [-0.05, 0) is 73.5 Å². The van der Waals surface area contributed by atoms with Crippen LogP contribution >= 0.6 is 31.9 Å². The van der Waals surface area contributed by atoms with Crippen LogP contribution in [0.5, 0.6) is 0 Å². The lowest BCUT2D eigenvalue weighted by Crippen LogP contribution is -2.48. The van der Waals surface area contributed by atoms with E-state index in [2.05, 4.69) is 42.2 Å². The van der Waals surface area contributed by atoms with Crippen LogP contribution in [0, 0.1) is 0 Å². The highest BCUT2D eigenvalue weighted by atomic mass is 79.9. The first-order valence-electron chi connectivity index (χ1n) is 11.0. The molecule has 0 saturated carbocycles. The molecule has 194 valence electrons. The van der Waals surface area contributed by atoms with E-state index in [-0.39, 0.29) is 37.8 Å². The molecule has 0 aliphatic carbocycles. The van der Waals surface area contributed by atoms with Gasteiger partial charge in [-0.1, -0.05) is 24.3 Å². The van der Waals surface area contributed by atoms with E-state index in [9.17, 15) is 14.4 Å². The van der Waals surface area contributed by atoms with Crippen molar-refractivity contribution >= 4 is 61.4 Å². The number of carbonyl (C=O) groups excluding carboxylic acids is 3. The van der Waals surface area contributed by atoms with Crippen LogP contribution < -0.4 is 34.0 Å². The standard InChI is InChI=1S/C23H30Br2N8O3/c24-16-8-15(9-17(25)20(16)26)10-19(34)33(18(21(27)35)2-1-7-31-22(28)29)12-14-5-3-13(4-6-14)11-32-23(30)36/h3-6,8-9,18H,1-2,7,10-12,26H2,(H2,27,35)(H4,28,29,31)(H3,30,32,36)/t18-/m1/s1. The third-order valence-electron chi connectivity index (χ3n) is 5.29. The van der Waals surface area contributed by atoms with Gasteiger partial charge in [0.1, 0.15) is 6.04 Å². The Hall–Kier alpha value is -3.32. The van der Waals surface area contributed by atoms with E-state index in [1.807, 2.05) is 12.1 Å². The second-order valence-corrected chi connectivity index (χ2v) is 9.78. The number of hydrogen-bond acceptors (Lipinski definition) is 5. The minimum absolute atomic E-state index is 0.0236. The molecule has 1 atom stereocenters. The van der Waals surface area contributed by atoms with Gasteiger partial charge in [-0.2, -0.15) is 0 Å². The Morgan fingerprint density at radius 3 is 2.06 bits per heavy atom. The third kappa shape index (κ3) is 9.04. The average Bonchev–Trinajstić information content (AvgIpc) is 2.80. The van der Waals surface area contributed by atoms with Gasteiger partial charge in [0, 0.05) is 28.6 Å². The van der Waals surface area contributed by atoms with Crippen molar-refractivity contribution < 1.29 is 14.4 Å². The first-order chi connectivity index (χ1) is 17.0. The number of nitrogens with one attached hydrogen (secondary N) is 1. The Bertz CT molecular complexity index is 1100. The van der Waals surface area contributed by atoms with Gasteiger partial charge in [-0.25, -0.2) is 4.79 Å². The van der Waals surface area contributed by atoms with Gasteiger partial charge in [0.05, 0.1) is 12.1 Å². The zero-order chi connectivity index (χ0) is 26.8. The molecule has 2 rings (SSSR count). The van der Waals surface area contributed by atoms with Gasteiger partial charge >= 0.3 is 6.03 Å². The number of hydrogen-bond donors (Lipinski definition) is 6. The minimum Gasteiger partial charge on any atom is -0.397 e. The highest BCUT2D eigenvalue weighted by Crippen LogP contribution is 2.30. The molecule has 4 amide bonds. The topological polar surface area (TPSA) is 209 Å². The Kier molecular flexibility index (Phi) is 11.0. The van der Waals surface area contributed by atoms with Crippen LogP contribution in [-0.4, -0.2) is 41.3 Å². The van der Waals surface area contributed by atoms with E-state index >= 15 is 0 Å². The number of aliphatic imine (C=N–C) groups is 1. The third-order valence-corrected chi connectivity index (χ3v) is 6.60. The number of carbonyl (C=O) groups is 3. The zero-order valence-electron chi connectivity index (χ0n) is 19.5. The lowest BCUT2D eigenvalue weighted by Gasteiger charge is -2.30. The van der Waals surface area contributed by atoms with Crippen molar-refractivity contribution in [3.05, 3.63) is 62.0 Å². The van der Waals surface area contributed by atoms with Crippen LogP contribution in [0.2, 0.25) is 0 Å². The molecule has 13 heteroatoms. The second-order valence-electron chi connectivity index (χ2n) is 8.07. The maximum atomic E-state index is 13.5. The largest absolute Gasteiger partial charge is 0.397 e. The fourth-order valence-corrected chi connectivity index (χ4v) is 4.76. The molecule has 0 aliphatic rings. The minimum atomic E-state index is -0.872. The summed E-state index contributed by atoms with van der Waals surface area (Å²) in [5.74, 6) is -0.970. The number of urea groups is 1. The van der Waals surface area contributed by atoms with Gasteiger partial charge in [0.25, 0.3) is 0 Å². The van der Waals surface area contributed by atoms with Crippen molar-refractivity contribution in [2.75, 3.05) is 12.3 Å². The number of nitrogen functional groups attached to an aromatic ring is 1. The van der Waals surface area contributed by atoms with Gasteiger partial charge < -0.3 is 38.9 Å². The normalized spacial score (nSPS) is 11.4. The van der Waals surface area contributed by atoms with Crippen molar-refractivity contribution in [1.29, 1.82) is 0 Å². The molecule has 36 heavy (non-hydrogen) atoms. The van der Waals surface area contributed by atoms with E-state index in [4.69, 9.17) is 28.7 Å². The number of benzene rings is 2. The first kappa shape index (κ1) is 28.9. The Morgan fingerprint density at radius 2 is 1.53 bits per heavy atom. The molecule has 0 aromatic heterocycles. The van der Waals surface area contributed by atoms with Crippen molar-refractivity contribution in [2.45, 2.75) is 38.4 Å². The predicted molar refractivity (Wildman–Crippen MR) is 146 cm³/mol. The lowest BCUT2D eigenvalue weighted by molar-refractivity contribution is -0.139. The maximum absolute atomic E-state index is 13.5. The van der Waals surface area contributed by atoms with E-state index in [1.165, 1.54) is 4.90 Å². The van der Waals surface area contributed by atoms with Gasteiger partial charge in [-0.15, -0.1) is 0 Å². The summed E-state index contributed by atoms with van der Waals surface area (Å²) in [6.07, 6.45) is 0.759. The van der Waals surface area contributed by atoms with Crippen molar-refractivity contribution in [1.82, 2.24) is 10.2 Å². The molecule has 11 nitrogen and oxygen atoms in total. The summed E-state index contributed by atoms with van der Waals surface area (Å²) in [7, 11) is 0. The highest BCUT2D eigenvalue weighted by Gasteiger charge is 2.28. The zero-order valence-corrected chi connectivity index (χ0v) is 22.7. The number of nitrogens with two attached hydrogens (primary N) is 5. The molecule has 0 spiro atoms. The van der Waals surface area contributed by atoms with Gasteiger partial charge in [0.15, 0.2) is 5.96 Å². The van der Waals surface area contributed by atoms with E-state index in [1.54, 1.807) is 24.3 Å². The van der Waals surface area contributed by atoms with Crippen molar-refractivity contribution in [3.8, 4) is 0 Å². The molecule has 2 aromatic rings. The number of guanidine groups is 1. The smallest absolute Gasteiger partial charge is 0.312 e. The number of halogens is 2. The monoisotopic (exact) mass is 624 g/mol. The van der Waals surface area contributed by atoms with Gasteiger partial charge in [0.2, 0.25) is 11.8 Å². The number of primary amides is 2. The lowest BCUT2D eigenvalue weighted by atomic mass is 10.0. The summed E-state index contributed by atoms with van der Waals surface area (Å²) in [6.45, 7) is 0.719. The van der Waals surface area contributed by atoms with E-state index < -0.39 is 18.0 Å². The van der Waals surface area contributed by atoms with Crippen molar-refractivity contribution in [3.63, 3.8) is 0 Å². The molecular formula is C23H30Br2N8O3. The van der Waals surface area contributed by atoms with E-state index in [0.717, 1.165) is 11.1 Å². The van der Waals surface area contributed by atoms with Crippen LogP contribution in [0.4, 0.5) is 10.5 Å². The quantitative estimate of drug-likeness (QED) is 0.0888. The van der Waals surface area contributed by atoms with Crippen LogP contribution in [0.15, 0.2) is 50.3 Å². The van der Waals surface area contributed by atoms with Gasteiger partial charge in [-0.3, -0.25) is 14.6 Å².